The molecule has 0 aliphatic heterocycles. The molecule has 0 atom stereocenters. The Hall–Kier alpha value is -4.17. The quantitative estimate of drug-likeness (QED) is 0.249. The minimum Gasteiger partial charge on any atom is -0.391 e. The SMILES string of the molecule is C/C(=N\OCc1cccc(C#N)c1)c1cc(-c2ccc(F)cc2)n(-c2cccc(C)c2)c1C. The molecule has 0 spiro atoms. The van der Waals surface area contributed by atoms with Crippen molar-refractivity contribution < 1.29 is 9.23 Å². The Morgan fingerprint density at radius 1 is 1.00 bits per heavy atom. The highest BCUT2D eigenvalue weighted by molar-refractivity contribution is 6.01. The van der Waals surface area contributed by atoms with E-state index in [1.165, 1.54) is 12.1 Å². The van der Waals surface area contributed by atoms with Crippen LogP contribution in [-0.4, -0.2) is 10.3 Å². The smallest absolute Gasteiger partial charge is 0.142 e. The van der Waals surface area contributed by atoms with Crippen LogP contribution in [0.15, 0.2) is 84.0 Å². The normalized spacial score (nSPS) is 11.3. The van der Waals surface area contributed by atoms with E-state index in [9.17, 15) is 4.39 Å². The molecular weight excluding hydrogens is 413 g/mol. The number of halogens is 1. The molecule has 4 aromatic rings. The third-order valence-corrected chi connectivity index (χ3v) is 5.53. The van der Waals surface area contributed by atoms with Crippen molar-refractivity contribution in [2.24, 2.45) is 5.16 Å². The molecule has 33 heavy (non-hydrogen) atoms. The van der Waals surface area contributed by atoms with E-state index in [0.717, 1.165) is 45.0 Å². The molecule has 0 fully saturated rings. The highest BCUT2D eigenvalue weighted by Gasteiger charge is 2.17. The van der Waals surface area contributed by atoms with Crippen LogP contribution < -0.4 is 0 Å². The van der Waals surface area contributed by atoms with E-state index in [1.807, 2.05) is 32.0 Å². The molecule has 4 rings (SSSR count). The lowest BCUT2D eigenvalue weighted by Gasteiger charge is -2.13. The maximum Gasteiger partial charge on any atom is 0.142 e. The number of rotatable bonds is 6. The van der Waals surface area contributed by atoms with Crippen LogP contribution in [0.5, 0.6) is 0 Å². The Morgan fingerprint density at radius 2 is 1.76 bits per heavy atom. The van der Waals surface area contributed by atoms with Crippen LogP contribution in [-0.2, 0) is 11.4 Å². The van der Waals surface area contributed by atoms with Crippen LogP contribution in [0.2, 0.25) is 0 Å². The summed E-state index contributed by atoms with van der Waals surface area (Å²) >= 11 is 0. The molecule has 0 saturated carbocycles. The van der Waals surface area contributed by atoms with Crippen molar-refractivity contribution in [2.45, 2.75) is 27.4 Å². The lowest BCUT2D eigenvalue weighted by atomic mass is 10.1. The molecule has 164 valence electrons. The molecular formula is C28H24FN3O. The number of hydrogen-bond donors (Lipinski definition) is 0. The van der Waals surface area contributed by atoms with E-state index >= 15 is 0 Å². The number of oxime groups is 1. The Balaban J connectivity index is 1.70. The van der Waals surface area contributed by atoms with Gasteiger partial charge in [0.25, 0.3) is 0 Å². The molecule has 1 aromatic heterocycles. The van der Waals surface area contributed by atoms with Crippen molar-refractivity contribution >= 4 is 5.71 Å². The number of aryl methyl sites for hydroxylation is 1. The van der Waals surface area contributed by atoms with E-state index in [2.05, 4.69) is 47.0 Å². The van der Waals surface area contributed by atoms with Gasteiger partial charge in [-0.25, -0.2) is 4.39 Å². The maximum atomic E-state index is 13.6. The van der Waals surface area contributed by atoms with Gasteiger partial charge < -0.3 is 9.40 Å². The first-order valence-corrected chi connectivity index (χ1v) is 10.7. The van der Waals surface area contributed by atoms with E-state index in [4.69, 9.17) is 10.1 Å². The first-order chi connectivity index (χ1) is 16.0. The van der Waals surface area contributed by atoms with Crippen LogP contribution in [0.3, 0.4) is 0 Å². The van der Waals surface area contributed by atoms with Gasteiger partial charge in [-0.1, -0.05) is 29.4 Å². The van der Waals surface area contributed by atoms with Gasteiger partial charge in [0, 0.05) is 16.9 Å². The predicted octanol–water partition coefficient (Wildman–Crippen LogP) is 6.71. The first-order valence-electron chi connectivity index (χ1n) is 10.7. The first kappa shape index (κ1) is 22.0. The maximum absolute atomic E-state index is 13.6. The van der Waals surface area contributed by atoms with Crippen LogP contribution in [0, 0.1) is 31.0 Å². The number of nitrogens with zero attached hydrogens (tertiary/aromatic N) is 3. The van der Waals surface area contributed by atoms with Crippen LogP contribution in [0.1, 0.15) is 34.9 Å². The second-order valence-electron chi connectivity index (χ2n) is 7.97. The molecule has 0 N–H and O–H groups in total. The van der Waals surface area contributed by atoms with Crippen LogP contribution in [0.4, 0.5) is 4.39 Å². The lowest BCUT2D eigenvalue weighted by Crippen LogP contribution is -2.03. The summed E-state index contributed by atoms with van der Waals surface area (Å²) in [5, 5.41) is 13.4. The van der Waals surface area contributed by atoms with E-state index in [-0.39, 0.29) is 12.4 Å². The lowest BCUT2D eigenvalue weighted by molar-refractivity contribution is 0.130. The third-order valence-electron chi connectivity index (χ3n) is 5.53. The van der Waals surface area contributed by atoms with Crippen molar-refractivity contribution in [3.8, 4) is 23.0 Å². The topological polar surface area (TPSA) is 50.3 Å². The van der Waals surface area contributed by atoms with Gasteiger partial charge in [0.1, 0.15) is 12.4 Å². The fourth-order valence-electron chi connectivity index (χ4n) is 3.89. The summed E-state index contributed by atoms with van der Waals surface area (Å²) in [6, 6.07) is 26.2. The molecule has 0 aliphatic rings. The Bertz CT molecular complexity index is 1360. The third kappa shape index (κ3) is 4.86. The summed E-state index contributed by atoms with van der Waals surface area (Å²) in [6.07, 6.45) is 0. The number of benzene rings is 3. The van der Waals surface area contributed by atoms with Crippen molar-refractivity contribution in [3.05, 3.63) is 113 Å². The monoisotopic (exact) mass is 437 g/mol. The molecule has 5 heteroatoms. The van der Waals surface area contributed by atoms with Gasteiger partial charge in [0.05, 0.1) is 23.0 Å². The molecule has 0 aliphatic carbocycles. The zero-order chi connectivity index (χ0) is 23.4. The standard InChI is InChI=1S/C28H24FN3O/c1-19-6-4-9-26(14-19)32-21(3)27(16-28(32)24-10-12-25(29)13-11-24)20(2)31-33-18-23-8-5-7-22(15-23)17-30/h4-16H,18H2,1-3H3/b31-20+. The summed E-state index contributed by atoms with van der Waals surface area (Å²) in [4.78, 5) is 5.61. The van der Waals surface area contributed by atoms with Gasteiger partial charge in [-0.05, 0) is 92.1 Å². The van der Waals surface area contributed by atoms with Gasteiger partial charge >= 0.3 is 0 Å². The van der Waals surface area contributed by atoms with Gasteiger partial charge in [-0.2, -0.15) is 5.26 Å². The highest BCUT2D eigenvalue weighted by atomic mass is 19.1. The molecule has 3 aromatic carbocycles. The predicted molar refractivity (Wildman–Crippen MR) is 129 cm³/mol. The molecule has 1 heterocycles. The summed E-state index contributed by atoms with van der Waals surface area (Å²) < 4.78 is 15.7. The van der Waals surface area contributed by atoms with E-state index in [1.54, 1.807) is 24.3 Å². The van der Waals surface area contributed by atoms with Gasteiger partial charge in [-0.3, -0.25) is 0 Å². The average Bonchev–Trinajstić information content (AvgIpc) is 3.16. The molecule has 0 amide bonds. The number of nitriles is 1. The molecule has 0 radical (unpaired) electrons. The van der Waals surface area contributed by atoms with Crippen molar-refractivity contribution in [3.63, 3.8) is 0 Å². The fraction of sp³-hybridized carbons (Fsp3) is 0.143. The zero-order valence-electron chi connectivity index (χ0n) is 18.8. The Labute approximate surface area is 193 Å². The number of aromatic nitrogens is 1. The van der Waals surface area contributed by atoms with Crippen LogP contribution in [0.25, 0.3) is 16.9 Å². The number of hydrogen-bond acceptors (Lipinski definition) is 3. The van der Waals surface area contributed by atoms with Crippen molar-refractivity contribution in [1.29, 1.82) is 5.26 Å². The van der Waals surface area contributed by atoms with Crippen molar-refractivity contribution in [1.82, 2.24) is 4.57 Å². The van der Waals surface area contributed by atoms with Gasteiger partial charge in [0.2, 0.25) is 0 Å². The van der Waals surface area contributed by atoms with Gasteiger partial charge in [0.15, 0.2) is 0 Å². The highest BCUT2D eigenvalue weighted by Crippen LogP contribution is 2.30. The zero-order valence-corrected chi connectivity index (χ0v) is 18.8. The largest absolute Gasteiger partial charge is 0.391 e. The summed E-state index contributed by atoms with van der Waals surface area (Å²) in [6.45, 7) is 6.28. The average molecular weight is 438 g/mol. The van der Waals surface area contributed by atoms with Crippen LogP contribution >= 0.6 is 0 Å². The van der Waals surface area contributed by atoms with E-state index in [0.29, 0.717) is 5.56 Å². The molecule has 0 bridgehead atoms. The molecule has 0 unspecified atom stereocenters. The minimum absolute atomic E-state index is 0.268. The fourth-order valence-corrected chi connectivity index (χ4v) is 3.89. The summed E-state index contributed by atoms with van der Waals surface area (Å²) in [5.41, 5.74) is 8.20. The summed E-state index contributed by atoms with van der Waals surface area (Å²) in [5.74, 6) is -0.268. The van der Waals surface area contributed by atoms with E-state index < -0.39 is 0 Å². The van der Waals surface area contributed by atoms with Crippen molar-refractivity contribution in [2.75, 3.05) is 0 Å². The van der Waals surface area contributed by atoms with Gasteiger partial charge in [-0.15, -0.1) is 0 Å². The molecule has 4 nitrogen and oxygen atoms in total. The second-order valence-corrected chi connectivity index (χ2v) is 7.97. The second kappa shape index (κ2) is 9.54. The summed E-state index contributed by atoms with van der Waals surface area (Å²) in [7, 11) is 0. The minimum atomic E-state index is -0.268. The Kier molecular flexibility index (Phi) is 6.37. The Morgan fingerprint density at radius 3 is 2.48 bits per heavy atom. The molecule has 0 saturated heterocycles.